The topological polar surface area (TPSA) is 30.9 Å². The largest absolute Gasteiger partial charge is 0.340 e. The van der Waals surface area contributed by atoms with Crippen molar-refractivity contribution in [2.75, 3.05) is 13.6 Å². The summed E-state index contributed by atoms with van der Waals surface area (Å²) in [4.78, 5) is 1.60. The predicted octanol–water partition coefficient (Wildman–Crippen LogP) is 0.812. The fourth-order valence-corrected chi connectivity index (χ4v) is 2.85. The van der Waals surface area contributed by atoms with Gasteiger partial charge in [0.25, 0.3) is 5.92 Å². The van der Waals surface area contributed by atoms with Crippen molar-refractivity contribution in [3.63, 3.8) is 0 Å². The Balaban J connectivity index is 1.87. The normalized spacial score (nSPS) is 49.3. The van der Waals surface area contributed by atoms with Crippen LogP contribution < -0.4 is 0 Å². The molecule has 4 atom stereocenters. The van der Waals surface area contributed by atoms with Crippen molar-refractivity contribution in [2.24, 2.45) is 0 Å². The van der Waals surface area contributed by atoms with Crippen molar-refractivity contribution in [1.82, 2.24) is 4.90 Å². The first kappa shape index (κ1) is 10.8. The Labute approximate surface area is 92.4 Å². The number of halogens is 2. The van der Waals surface area contributed by atoms with E-state index in [2.05, 4.69) is 0 Å². The number of likely N-dealkylation sites (N-methyl/N-ethyl adjacent to an activating group) is 1. The molecule has 0 N–H and O–H groups in total. The minimum Gasteiger partial charge on any atom is -0.340 e. The van der Waals surface area contributed by atoms with Crippen molar-refractivity contribution in [3.8, 4) is 0 Å². The van der Waals surface area contributed by atoms with Gasteiger partial charge in [0, 0.05) is 0 Å². The molecule has 3 aliphatic heterocycles. The summed E-state index contributed by atoms with van der Waals surface area (Å²) in [5, 5.41) is 0. The smallest absolute Gasteiger partial charge is 0.287 e. The average molecular weight is 235 g/mol. The first-order chi connectivity index (χ1) is 7.30. The van der Waals surface area contributed by atoms with Crippen LogP contribution in [0.2, 0.25) is 0 Å². The molecular formula is C10H15F2NO3. The number of nitrogens with zero attached hydrogens (tertiary/aromatic N) is 1. The van der Waals surface area contributed by atoms with E-state index in [4.69, 9.17) is 14.2 Å². The lowest BCUT2D eigenvalue weighted by atomic mass is 10.1. The molecular weight excluding hydrogens is 220 g/mol. The highest BCUT2D eigenvalue weighted by Crippen LogP contribution is 2.47. The van der Waals surface area contributed by atoms with E-state index >= 15 is 0 Å². The summed E-state index contributed by atoms with van der Waals surface area (Å²) in [6, 6.07) is -0.415. The molecule has 0 aliphatic carbocycles. The highest BCUT2D eigenvalue weighted by Gasteiger charge is 2.66. The van der Waals surface area contributed by atoms with Gasteiger partial charge in [-0.1, -0.05) is 0 Å². The number of alkyl halides is 2. The van der Waals surface area contributed by atoms with Crippen molar-refractivity contribution < 1.29 is 23.0 Å². The van der Waals surface area contributed by atoms with Gasteiger partial charge in [0.1, 0.15) is 12.2 Å². The van der Waals surface area contributed by atoms with Crippen molar-refractivity contribution in [3.05, 3.63) is 0 Å². The molecule has 0 aromatic heterocycles. The van der Waals surface area contributed by atoms with Crippen LogP contribution >= 0.6 is 0 Å². The van der Waals surface area contributed by atoms with Gasteiger partial charge in [-0.25, -0.2) is 8.78 Å². The fraction of sp³-hybridized carbons (Fsp3) is 1.00. The van der Waals surface area contributed by atoms with Gasteiger partial charge < -0.3 is 14.2 Å². The molecule has 16 heavy (non-hydrogen) atoms. The van der Waals surface area contributed by atoms with Crippen LogP contribution in [0.5, 0.6) is 0 Å². The summed E-state index contributed by atoms with van der Waals surface area (Å²) in [5.74, 6) is -3.57. The Hall–Kier alpha value is -0.300. The molecule has 0 aromatic carbocycles. The number of fused-ring (bicyclic) bond motifs is 3. The van der Waals surface area contributed by atoms with Crippen LogP contribution in [0.3, 0.4) is 0 Å². The third-order valence-corrected chi connectivity index (χ3v) is 3.40. The first-order valence-corrected chi connectivity index (χ1v) is 5.39. The van der Waals surface area contributed by atoms with E-state index < -0.39 is 36.2 Å². The van der Waals surface area contributed by atoms with Gasteiger partial charge >= 0.3 is 0 Å². The quantitative estimate of drug-likeness (QED) is 0.622. The second kappa shape index (κ2) is 2.93. The summed E-state index contributed by atoms with van der Waals surface area (Å²) in [6.45, 7) is 3.24. The zero-order valence-corrected chi connectivity index (χ0v) is 9.44. The number of hydrogen-bond acceptors (Lipinski definition) is 4. The molecule has 92 valence electrons. The molecule has 0 spiro atoms. The standard InChI is InChI=1S/C10H15F2NO3/c1-9(2)15-6-5-7(14-8(6)16-9)10(11,12)4-13(5)3/h5-8H,4H2,1-3H3. The van der Waals surface area contributed by atoms with E-state index in [1.165, 1.54) is 0 Å². The molecule has 4 unspecified atom stereocenters. The van der Waals surface area contributed by atoms with Gasteiger partial charge in [0.05, 0.1) is 12.6 Å². The average Bonchev–Trinajstić information content (AvgIpc) is 2.60. The summed E-state index contributed by atoms with van der Waals surface area (Å²) in [6.07, 6.45) is -2.19. The lowest BCUT2D eigenvalue weighted by Gasteiger charge is -2.24. The summed E-state index contributed by atoms with van der Waals surface area (Å²) in [7, 11) is 1.67. The highest BCUT2D eigenvalue weighted by atomic mass is 19.3. The Kier molecular flexibility index (Phi) is 1.98. The molecule has 6 heteroatoms. The van der Waals surface area contributed by atoms with Gasteiger partial charge in [0.2, 0.25) is 0 Å². The van der Waals surface area contributed by atoms with Gasteiger partial charge in [-0.3, -0.25) is 4.90 Å². The number of ether oxygens (including phenoxy) is 3. The maximum absolute atomic E-state index is 13.6. The molecule has 0 saturated carbocycles. The summed E-state index contributed by atoms with van der Waals surface area (Å²) >= 11 is 0. The molecule has 0 bridgehead atoms. The molecule has 3 saturated heterocycles. The minimum atomic E-state index is -2.82. The van der Waals surface area contributed by atoms with Gasteiger partial charge in [-0.05, 0) is 20.9 Å². The lowest BCUT2D eigenvalue weighted by Crippen LogP contribution is -2.41. The Bertz CT molecular complexity index is 323. The molecule has 3 heterocycles. The molecule has 3 rings (SSSR count). The van der Waals surface area contributed by atoms with E-state index in [1.807, 2.05) is 0 Å². The van der Waals surface area contributed by atoms with Crippen molar-refractivity contribution >= 4 is 0 Å². The minimum absolute atomic E-state index is 0.282. The van der Waals surface area contributed by atoms with Gasteiger partial charge in [-0.15, -0.1) is 0 Å². The maximum Gasteiger partial charge on any atom is 0.287 e. The predicted molar refractivity (Wildman–Crippen MR) is 50.1 cm³/mol. The van der Waals surface area contributed by atoms with Gasteiger partial charge in [-0.2, -0.15) is 0 Å². The van der Waals surface area contributed by atoms with Crippen LogP contribution in [0, 0.1) is 0 Å². The van der Waals surface area contributed by atoms with E-state index in [1.54, 1.807) is 25.8 Å². The molecule has 0 aromatic rings. The molecule has 0 amide bonds. The second-order valence-corrected chi connectivity index (χ2v) is 5.19. The lowest BCUT2D eigenvalue weighted by molar-refractivity contribution is -0.227. The van der Waals surface area contributed by atoms with E-state index in [-0.39, 0.29) is 6.54 Å². The Morgan fingerprint density at radius 1 is 1.25 bits per heavy atom. The van der Waals surface area contributed by atoms with Crippen molar-refractivity contribution in [2.45, 2.75) is 50.1 Å². The van der Waals surface area contributed by atoms with Crippen LogP contribution in [0.25, 0.3) is 0 Å². The third kappa shape index (κ3) is 1.33. The molecule has 3 aliphatic rings. The first-order valence-electron chi connectivity index (χ1n) is 5.39. The fourth-order valence-electron chi connectivity index (χ4n) is 2.85. The summed E-state index contributed by atoms with van der Waals surface area (Å²) in [5.41, 5.74) is 0. The Morgan fingerprint density at radius 2 is 1.94 bits per heavy atom. The molecule has 3 fully saturated rings. The second-order valence-electron chi connectivity index (χ2n) is 5.19. The van der Waals surface area contributed by atoms with E-state index in [9.17, 15) is 8.78 Å². The number of rotatable bonds is 0. The van der Waals surface area contributed by atoms with Crippen molar-refractivity contribution in [1.29, 1.82) is 0 Å². The van der Waals surface area contributed by atoms with Gasteiger partial charge in [0.15, 0.2) is 12.1 Å². The zero-order chi connectivity index (χ0) is 11.7. The zero-order valence-electron chi connectivity index (χ0n) is 9.44. The highest BCUT2D eigenvalue weighted by molar-refractivity contribution is 5.08. The van der Waals surface area contributed by atoms with Crippen LogP contribution in [-0.2, 0) is 14.2 Å². The SMILES string of the molecule is CN1CC(F)(F)C2OC3OC(C)(C)OC3C21. The number of hydrogen-bond donors (Lipinski definition) is 0. The number of likely N-dealkylation sites (tertiary alicyclic amines) is 1. The summed E-state index contributed by atoms with van der Waals surface area (Å²) < 4.78 is 43.5. The monoisotopic (exact) mass is 235 g/mol. The molecule has 0 radical (unpaired) electrons. The van der Waals surface area contributed by atoms with Crippen LogP contribution in [-0.4, -0.2) is 54.7 Å². The van der Waals surface area contributed by atoms with E-state index in [0.29, 0.717) is 0 Å². The van der Waals surface area contributed by atoms with Crippen LogP contribution in [0.4, 0.5) is 8.78 Å². The third-order valence-electron chi connectivity index (χ3n) is 3.40. The molecule has 4 nitrogen and oxygen atoms in total. The van der Waals surface area contributed by atoms with Crippen LogP contribution in [0.1, 0.15) is 13.8 Å². The van der Waals surface area contributed by atoms with Crippen LogP contribution in [0.15, 0.2) is 0 Å². The Morgan fingerprint density at radius 3 is 2.62 bits per heavy atom. The van der Waals surface area contributed by atoms with E-state index in [0.717, 1.165) is 0 Å². The maximum atomic E-state index is 13.6.